The third-order valence-corrected chi connectivity index (χ3v) is 6.77. The van der Waals surface area contributed by atoms with E-state index in [1.54, 1.807) is 31.2 Å². The molecule has 0 aliphatic carbocycles. The van der Waals surface area contributed by atoms with Crippen molar-refractivity contribution in [3.63, 3.8) is 0 Å². The summed E-state index contributed by atoms with van der Waals surface area (Å²) in [5.74, 6) is -1.62. The van der Waals surface area contributed by atoms with E-state index in [0.29, 0.717) is 5.69 Å². The van der Waals surface area contributed by atoms with Crippen LogP contribution < -0.4 is 5.32 Å². The summed E-state index contributed by atoms with van der Waals surface area (Å²) in [5.41, 5.74) is 0.663. The van der Waals surface area contributed by atoms with E-state index in [9.17, 15) is 22.8 Å². The van der Waals surface area contributed by atoms with E-state index in [1.807, 2.05) is 0 Å². The fourth-order valence-electron chi connectivity index (χ4n) is 2.97. The molecule has 0 unspecified atom stereocenters. The third kappa shape index (κ3) is 4.54. The van der Waals surface area contributed by atoms with Gasteiger partial charge in [0.2, 0.25) is 0 Å². The van der Waals surface area contributed by atoms with Crippen LogP contribution in [-0.2, 0) is 19.6 Å². The van der Waals surface area contributed by atoms with Crippen LogP contribution in [0, 0.1) is 0 Å². The lowest BCUT2D eigenvalue weighted by Crippen LogP contribution is -2.31. The van der Waals surface area contributed by atoms with E-state index < -0.39 is 27.8 Å². The summed E-state index contributed by atoms with van der Waals surface area (Å²) >= 11 is 3.31. The van der Waals surface area contributed by atoms with Gasteiger partial charge in [-0.25, -0.2) is 12.7 Å². The van der Waals surface area contributed by atoms with Gasteiger partial charge in [0.05, 0.1) is 12.2 Å². The van der Waals surface area contributed by atoms with Gasteiger partial charge in [-0.3, -0.25) is 14.4 Å². The van der Waals surface area contributed by atoms with Gasteiger partial charge >= 0.3 is 5.97 Å². The van der Waals surface area contributed by atoms with Gasteiger partial charge in [-0.2, -0.15) is 0 Å². The fraction of sp³-hybridized carbons (Fsp3) is 0.250. The maximum absolute atomic E-state index is 12.8. The summed E-state index contributed by atoms with van der Waals surface area (Å²) in [4.78, 5) is 36.3. The maximum atomic E-state index is 12.8. The number of hydrogen-bond acceptors (Lipinski definition) is 6. The third-order valence-electron chi connectivity index (χ3n) is 4.42. The number of anilines is 1. The first kappa shape index (κ1) is 22.0. The van der Waals surface area contributed by atoms with Gasteiger partial charge < -0.3 is 10.1 Å². The van der Waals surface area contributed by atoms with E-state index in [-0.39, 0.29) is 42.0 Å². The summed E-state index contributed by atoms with van der Waals surface area (Å²) in [7, 11) is -4.09. The molecule has 1 aliphatic heterocycles. The summed E-state index contributed by atoms with van der Waals surface area (Å²) in [6.45, 7) is 1.76. The zero-order chi connectivity index (χ0) is 21.9. The second-order valence-corrected chi connectivity index (χ2v) is 9.21. The smallest absolute Gasteiger partial charge is 0.305 e. The summed E-state index contributed by atoms with van der Waals surface area (Å²) in [6.07, 6.45) is 0.152. The van der Waals surface area contributed by atoms with Gasteiger partial charge in [0.1, 0.15) is 4.90 Å². The van der Waals surface area contributed by atoms with Crippen LogP contribution in [-0.4, -0.2) is 43.7 Å². The van der Waals surface area contributed by atoms with Crippen molar-refractivity contribution in [3.05, 3.63) is 58.1 Å². The van der Waals surface area contributed by atoms with Gasteiger partial charge in [-0.15, -0.1) is 0 Å². The Hall–Kier alpha value is -2.72. The lowest BCUT2D eigenvalue weighted by Gasteiger charge is -2.14. The van der Waals surface area contributed by atoms with Crippen LogP contribution in [0.2, 0.25) is 0 Å². The van der Waals surface area contributed by atoms with E-state index >= 15 is 0 Å². The summed E-state index contributed by atoms with van der Waals surface area (Å²) in [6, 6.07) is 10.8. The first-order valence-corrected chi connectivity index (χ1v) is 11.4. The molecule has 2 amide bonds. The highest BCUT2D eigenvalue weighted by atomic mass is 79.9. The normalized spacial score (nSPS) is 14.3. The number of carbonyl (C=O) groups excluding carboxylic acids is 3. The molecular formula is C20H19BrN2O6S. The molecular weight excluding hydrogens is 476 g/mol. The highest BCUT2D eigenvalue weighted by molar-refractivity contribution is 9.10. The number of fused-ring (bicyclic) bond motifs is 1. The number of ether oxygens (including phenoxy) is 1. The van der Waals surface area contributed by atoms with Crippen LogP contribution in [0.25, 0.3) is 0 Å². The number of benzene rings is 2. The van der Waals surface area contributed by atoms with Crippen LogP contribution in [0.5, 0.6) is 0 Å². The molecule has 2 aromatic rings. The largest absolute Gasteiger partial charge is 0.466 e. The Bertz CT molecular complexity index is 1100. The van der Waals surface area contributed by atoms with Crippen molar-refractivity contribution >= 4 is 49.4 Å². The number of nitrogens with zero attached hydrogens (tertiary/aromatic N) is 1. The van der Waals surface area contributed by atoms with Crippen molar-refractivity contribution in [3.8, 4) is 0 Å². The number of amides is 2. The molecule has 1 heterocycles. The van der Waals surface area contributed by atoms with E-state index in [0.717, 1.165) is 8.78 Å². The van der Waals surface area contributed by atoms with E-state index in [1.165, 1.54) is 18.2 Å². The van der Waals surface area contributed by atoms with E-state index in [4.69, 9.17) is 4.74 Å². The van der Waals surface area contributed by atoms with Gasteiger partial charge in [0.15, 0.2) is 0 Å². The van der Waals surface area contributed by atoms with Crippen LogP contribution in [0.15, 0.2) is 51.8 Å². The quantitative estimate of drug-likeness (QED) is 0.591. The number of halogens is 1. The second kappa shape index (κ2) is 8.97. The van der Waals surface area contributed by atoms with Crippen LogP contribution in [0.1, 0.15) is 40.5 Å². The average Bonchev–Trinajstić information content (AvgIpc) is 2.90. The molecule has 8 nitrogen and oxygen atoms in total. The first-order valence-electron chi connectivity index (χ1n) is 9.17. The predicted octanol–water partition coefficient (Wildman–Crippen LogP) is 3.19. The van der Waals surface area contributed by atoms with Gasteiger partial charge in [-0.05, 0) is 55.8 Å². The van der Waals surface area contributed by atoms with E-state index in [2.05, 4.69) is 21.2 Å². The molecule has 0 saturated heterocycles. The van der Waals surface area contributed by atoms with Crippen molar-refractivity contribution in [1.82, 2.24) is 4.31 Å². The fourth-order valence-corrected chi connectivity index (χ4v) is 4.87. The lowest BCUT2D eigenvalue weighted by atomic mass is 10.1. The number of hydrogen-bond donors (Lipinski definition) is 1. The van der Waals surface area contributed by atoms with Gasteiger partial charge in [-0.1, -0.05) is 15.9 Å². The lowest BCUT2D eigenvalue weighted by molar-refractivity contribution is -0.143. The molecule has 30 heavy (non-hydrogen) atoms. The summed E-state index contributed by atoms with van der Waals surface area (Å²) in [5, 5.41) is 2.68. The zero-order valence-corrected chi connectivity index (χ0v) is 18.5. The minimum Gasteiger partial charge on any atom is -0.466 e. The van der Waals surface area contributed by atoms with Gasteiger partial charge in [0.25, 0.3) is 21.8 Å². The Morgan fingerprint density at radius 3 is 2.50 bits per heavy atom. The molecule has 158 valence electrons. The number of nitrogens with one attached hydrogen (secondary N) is 1. The topological polar surface area (TPSA) is 110 Å². The molecule has 0 fully saturated rings. The Labute approximate surface area is 182 Å². The molecule has 10 heteroatoms. The Kier molecular flexibility index (Phi) is 6.57. The Morgan fingerprint density at radius 1 is 1.13 bits per heavy atom. The molecule has 0 aromatic heterocycles. The molecule has 0 saturated carbocycles. The molecule has 0 bridgehead atoms. The van der Waals surface area contributed by atoms with Crippen molar-refractivity contribution in [2.45, 2.75) is 24.7 Å². The minimum atomic E-state index is -4.09. The Balaban J connectivity index is 1.76. The second-order valence-electron chi connectivity index (χ2n) is 6.46. The molecule has 0 spiro atoms. The molecule has 1 aliphatic rings. The number of sulfonamides is 1. The van der Waals surface area contributed by atoms with Crippen LogP contribution >= 0.6 is 15.9 Å². The van der Waals surface area contributed by atoms with Gasteiger partial charge in [0, 0.05) is 28.7 Å². The molecule has 2 aromatic carbocycles. The molecule has 0 radical (unpaired) electrons. The predicted molar refractivity (Wildman–Crippen MR) is 113 cm³/mol. The highest BCUT2D eigenvalue weighted by Gasteiger charge is 2.41. The standard InChI is InChI=1S/C20H19BrN2O6S/c1-2-29-18(24)4-3-11-23-20(26)16-10-5-13(12-17(16)30(23,27)28)19(25)22-15-8-6-14(21)7-9-15/h5-10,12H,2-4,11H2,1H3,(H,22,25). The number of carbonyl (C=O) groups is 3. The average molecular weight is 495 g/mol. The van der Waals surface area contributed by atoms with Crippen molar-refractivity contribution in [2.75, 3.05) is 18.5 Å². The highest BCUT2D eigenvalue weighted by Crippen LogP contribution is 2.31. The maximum Gasteiger partial charge on any atom is 0.305 e. The van der Waals surface area contributed by atoms with Crippen LogP contribution in [0.3, 0.4) is 0 Å². The Morgan fingerprint density at radius 2 is 1.83 bits per heavy atom. The van der Waals surface area contributed by atoms with Crippen LogP contribution in [0.4, 0.5) is 5.69 Å². The monoisotopic (exact) mass is 494 g/mol. The number of rotatable bonds is 7. The SMILES string of the molecule is CCOC(=O)CCCN1C(=O)c2ccc(C(=O)Nc3ccc(Br)cc3)cc2S1(=O)=O. The zero-order valence-electron chi connectivity index (χ0n) is 16.1. The van der Waals surface area contributed by atoms with Crippen molar-refractivity contribution < 1.29 is 27.5 Å². The molecule has 1 N–H and O–H groups in total. The number of esters is 1. The first-order chi connectivity index (χ1) is 14.2. The summed E-state index contributed by atoms with van der Waals surface area (Å²) < 4.78 is 32.0. The van der Waals surface area contributed by atoms with Crippen molar-refractivity contribution in [1.29, 1.82) is 0 Å². The van der Waals surface area contributed by atoms with Crippen molar-refractivity contribution in [2.24, 2.45) is 0 Å². The molecule has 3 rings (SSSR count). The molecule has 0 atom stereocenters. The minimum absolute atomic E-state index is 0.00430.